The van der Waals surface area contributed by atoms with Crippen molar-refractivity contribution in [2.24, 2.45) is 0 Å². The number of thiazole rings is 1. The fourth-order valence-corrected chi connectivity index (χ4v) is 4.23. The van der Waals surface area contributed by atoms with E-state index in [0.717, 1.165) is 30.8 Å². The molecule has 5 heteroatoms. The van der Waals surface area contributed by atoms with E-state index in [1.807, 2.05) is 0 Å². The molecule has 1 amide bonds. The summed E-state index contributed by atoms with van der Waals surface area (Å²) in [7, 11) is 0. The number of rotatable bonds is 5. The van der Waals surface area contributed by atoms with Crippen LogP contribution >= 0.6 is 11.3 Å². The molecule has 3 rings (SSSR count). The number of hydrogen-bond donors (Lipinski definition) is 2. The van der Waals surface area contributed by atoms with E-state index >= 15 is 0 Å². The maximum Gasteiger partial charge on any atom is 0.237 e. The molecule has 1 saturated heterocycles. The van der Waals surface area contributed by atoms with Gasteiger partial charge in [-0.05, 0) is 32.2 Å². The number of carbonyl (C=O) groups is 1. The summed E-state index contributed by atoms with van der Waals surface area (Å²) in [5.41, 5.74) is 1.29. The minimum atomic E-state index is 0.0269. The van der Waals surface area contributed by atoms with Crippen molar-refractivity contribution in [3.63, 3.8) is 0 Å². The van der Waals surface area contributed by atoms with Crippen molar-refractivity contribution in [3.05, 3.63) is 16.1 Å². The lowest BCUT2D eigenvalue weighted by Crippen LogP contribution is -2.41. The molecule has 116 valence electrons. The molecule has 1 aromatic heterocycles. The molecule has 2 aliphatic rings. The first-order valence-corrected chi connectivity index (χ1v) is 9.16. The van der Waals surface area contributed by atoms with Gasteiger partial charge in [-0.25, -0.2) is 4.98 Å². The lowest BCUT2D eigenvalue weighted by molar-refractivity contribution is -0.122. The fourth-order valence-electron chi connectivity index (χ4n) is 3.35. The number of amides is 1. The highest BCUT2D eigenvalue weighted by Crippen LogP contribution is 2.33. The molecular weight excluding hydrogens is 282 g/mol. The predicted molar refractivity (Wildman–Crippen MR) is 85.7 cm³/mol. The first kappa shape index (κ1) is 15.0. The average Bonchev–Trinajstić information content (AvgIpc) is 3.20. The molecular formula is C16H25N3OS. The van der Waals surface area contributed by atoms with Gasteiger partial charge in [-0.1, -0.05) is 19.3 Å². The average molecular weight is 307 g/mol. The van der Waals surface area contributed by atoms with E-state index in [4.69, 9.17) is 4.98 Å². The second-order valence-electron chi connectivity index (χ2n) is 6.19. The first-order chi connectivity index (χ1) is 10.3. The number of nitrogens with one attached hydrogen (secondary N) is 2. The monoisotopic (exact) mass is 307 g/mol. The van der Waals surface area contributed by atoms with Crippen LogP contribution in [0, 0.1) is 0 Å². The van der Waals surface area contributed by atoms with Gasteiger partial charge >= 0.3 is 0 Å². The molecule has 1 saturated carbocycles. The third-order valence-corrected chi connectivity index (χ3v) is 5.53. The van der Waals surface area contributed by atoms with E-state index in [-0.39, 0.29) is 11.9 Å². The number of aromatic nitrogens is 1. The highest BCUT2D eigenvalue weighted by Gasteiger charge is 2.21. The molecule has 1 aliphatic carbocycles. The number of nitrogens with zero attached hydrogens (tertiary/aromatic N) is 1. The molecule has 0 radical (unpaired) electrons. The third kappa shape index (κ3) is 4.04. The van der Waals surface area contributed by atoms with Gasteiger partial charge < -0.3 is 10.6 Å². The molecule has 4 nitrogen and oxygen atoms in total. The van der Waals surface area contributed by atoms with Gasteiger partial charge in [0.25, 0.3) is 0 Å². The minimum Gasteiger partial charge on any atom is -0.354 e. The zero-order valence-corrected chi connectivity index (χ0v) is 13.4. The van der Waals surface area contributed by atoms with E-state index in [0.29, 0.717) is 12.5 Å². The Morgan fingerprint density at radius 3 is 2.90 bits per heavy atom. The van der Waals surface area contributed by atoms with Crippen LogP contribution in [0.1, 0.15) is 61.6 Å². The van der Waals surface area contributed by atoms with Crippen LogP contribution in [0.5, 0.6) is 0 Å². The maximum absolute atomic E-state index is 11.9. The van der Waals surface area contributed by atoms with Crippen molar-refractivity contribution >= 4 is 17.2 Å². The molecule has 0 bridgehead atoms. The molecule has 1 atom stereocenters. The lowest BCUT2D eigenvalue weighted by atomic mass is 9.87. The van der Waals surface area contributed by atoms with Gasteiger partial charge in [0.15, 0.2) is 0 Å². The van der Waals surface area contributed by atoms with Crippen molar-refractivity contribution in [2.75, 3.05) is 13.1 Å². The van der Waals surface area contributed by atoms with Crippen molar-refractivity contribution < 1.29 is 4.79 Å². The van der Waals surface area contributed by atoms with Crippen LogP contribution in [0.15, 0.2) is 5.38 Å². The summed E-state index contributed by atoms with van der Waals surface area (Å²) < 4.78 is 0. The van der Waals surface area contributed by atoms with Crippen LogP contribution in [-0.4, -0.2) is 30.0 Å². The molecule has 1 aromatic rings. The maximum atomic E-state index is 11.9. The van der Waals surface area contributed by atoms with Crippen LogP contribution < -0.4 is 10.6 Å². The Labute approximate surface area is 130 Å². The first-order valence-electron chi connectivity index (χ1n) is 8.28. The Bertz CT molecular complexity index is 462. The van der Waals surface area contributed by atoms with Crippen LogP contribution in [0.25, 0.3) is 0 Å². The summed E-state index contributed by atoms with van der Waals surface area (Å²) in [6.07, 6.45) is 9.61. The van der Waals surface area contributed by atoms with Crippen LogP contribution in [0.4, 0.5) is 0 Å². The van der Waals surface area contributed by atoms with Gasteiger partial charge in [-0.15, -0.1) is 11.3 Å². The van der Waals surface area contributed by atoms with Gasteiger partial charge in [-0.2, -0.15) is 0 Å². The van der Waals surface area contributed by atoms with E-state index < -0.39 is 0 Å². The Morgan fingerprint density at radius 2 is 2.14 bits per heavy atom. The zero-order valence-electron chi connectivity index (χ0n) is 12.6. The quantitative estimate of drug-likeness (QED) is 0.879. The van der Waals surface area contributed by atoms with Gasteiger partial charge in [0, 0.05) is 24.3 Å². The molecule has 2 fully saturated rings. The minimum absolute atomic E-state index is 0.0269. The lowest BCUT2D eigenvalue weighted by Gasteiger charge is -2.19. The van der Waals surface area contributed by atoms with Gasteiger partial charge in [0.1, 0.15) is 0 Å². The molecule has 21 heavy (non-hydrogen) atoms. The van der Waals surface area contributed by atoms with E-state index in [1.165, 1.54) is 37.8 Å². The van der Waals surface area contributed by atoms with Crippen LogP contribution in [0.2, 0.25) is 0 Å². The van der Waals surface area contributed by atoms with Crippen molar-refractivity contribution in [2.45, 2.75) is 63.3 Å². The molecule has 2 N–H and O–H groups in total. The molecule has 1 aliphatic heterocycles. The Hall–Kier alpha value is -0.940. The predicted octanol–water partition coefficient (Wildman–Crippen LogP) is 2.60. The number of carbonyl (C=O) groups excluding carboxylic acids is 1. The van der Waals surface area contributed by atoms with E-state index in [2.05, 4.69) is 16.0 Å². The normalized spacial score (nSPS) is 23.3. The molecule has 0 aromatic carbocycles. The summed E-state index contributed by atoms with van der Waals surface area (Å²) in [6, 6.07) is 0.0269. The second kappa shape index (κ2) is 7.36. The highest BCUT2D eigenvalue weighted by molar-refractivity contribution is 7.09. The summed E-state index contributed by atoms with van der Waals surface area (Å²) in [5, 5.41) is 9.64. The largest absolute Gasteiger partial charge is 0.354 e. The molecule has 0 spiro atoms. The van der Waals surface area contributed by atoms with Crippen LogP contribution in [-0.2, 0) is 11.2 Å². The van der Waals surface area contributed by atoms with Gasteiger partial charge in [0.2, 0.25) is 5.91 Å². The molecule has 2 heterocycles. The van der Waals surface area contributed by atoms with Crippen molar-refractivity contribution in [1.29, 1.82) is 0 Å². The van der Waals surface area contributed by atoms with Gasteiger partial charge in [-0.3, -0.25) is 4.79 Å². The summed E-state index contributed by atoms with van der Waals surface area (Å²) in [4.78, 5) is 16.7. The molecule has 0 unspecified atom stereocenters. The number of hydrogen-bond acceptors (Lipinski definition) is 4. The third-order valence-electron chi connectivity index (χ3n) is 4.61. The van der Waals surface area contributed by atoms with E-state index in [9.17, 15) is 4.79 Å². The topological polar surface area (TPSA) is 54.0 Å². The standard InChI is InChI=1S/C16H25N3OS/c20-16(13-7-4-9-17-13)18-10-8-15-19-14(11-21-15)12-5-2-1-3-6-12/h11-13,17H,1-10H2,(H,18,20)/t13-/m0/s1. The Kier molecular flexibility index (Phi) is 5.25. The van der Waals surface area contributed by atoms with Gasteiger partial charge in [0.05, 0.1) is 16.7 Å². The second-order valence-corrected chi connectivity index (χ2v) is 7.13. The van der Waals surface area contributed by atoms with E-state index in [1.54, 1.807) is 11.3 Å². The fraction of sp³-hybridized carbons (Fsp3) is 0.750. The highest BCUT2D eigenvalue weighted by atomic mass is 32.1. The Morgan fingerprint density at radius 1 is 1.29 bits per heavy atom. The SMILES string of the molecule is O=C(NCCc1nc(C2CCCCC2)cs1)[C@@H]1CCCN1. The van der Waals surface area contributed by atoms with Crippen molar-refractivity contribution in [3.8, 4) is 0 Å². The summed E-state index contributed by atoms with van der Waals surface area (Å²) >= 11 is 1.75. The summed E-state index contributed by atoms with van der Waals surface area (Å²) in [6.45, 7) is 1.67. The summed E-state index contributed by atoms with van der Waals surface area (Å²) in [5.74, 6) is 0.831. The zero-order chi connectivity index (χ0) is 14.5. The smallest absolute Gasteiger partial charge is 0.237 e. The Balaban J connectivity index is 1.43. The van der Waals surface area contributed by atoms with Crippen LogP contribution in [0.3, 0.4) is 0 Å². The van der Waals surface area contributed by atoms with Crippen molar-refractivity contribution in [1.82, 2.24) is 15.6 Å².